The maximum absolute atomic E-state index is 11.7. The molecule has 1 radical (unpaired) electrons. The third-order valence-corrected chi connectivity index (χ3v) is 2.61. The van der Waals surface area contributed by atoms with Crippen molar-refractivity contribution in [3.05, 3.63) is 19.6 Å². The Balaban J connectivity index is 4.44. The zero-order valence-electron chi connectivity index (χ0n) is 11.7. The van der Waals surface area contributed by atoms with Crippen LogP contribution in [-0.4, -0.2) is 41.8 Å². The molecule has 0 saturated heterocycles. The summed E-state index contributed by atoms with van der Waals surface area (Å²) >= 11 is 1.43. The maximum atomic E-state index is 11.7. The van der Waals surface area contributed by atoms with Gasteiger partial charge in [-0.15, -0.1) is 0 Å². The summed E-state index contributed by atoms with van der Waals surface area (Å²) in [5, 5.41) is 2.50. The van der Waals surface area contributed by atoms with Crippen molar-refractivity contribution in [2.45, 2.75) is 32.4 Å². The fraction of sp³-hybridized carbons (Fsp3) is 0.615. The molecule has 0 saturated carbocycles. The predicted molar refractivity (Wildman–Crippen MR) is 77.0 cm³/mol. The van der Waals surface area contributed by atoms with E-state index >= 15 is 0 Å². The predicted octanol–water partition coefficient (Wildman–Crippen LogP) is 2.18. The minimum absolute atomic E-state index is 0.111. The molecule has 0 rings (SSSR count). The van der Waals surface area contributed by atoms with Crippen molar-refractivity contribution in [3.8, 4) is 0 Å². The van der Waals surface area contributed by atoms with Crippen molar-refractivity contribution in [3.63, 3.8) is 0 Å². The Morgan fingerprint density at radius 1 is 1.42 bits per heavy atom. The summed E-state index contributed by atoms with van der Waals surface area (Å²) in [6, 6.07) is -0.749. The van der Waals surface area contributed by atoms with Crippen LogP contribution in [0.4, 0.5) is 4.79 Å². The highest BCUT2D eigenvalue weighted by Gasteiger charge is 2.25. The van der Waals surface area contributed by atoms with Crippen LogP contribution in [0.3, 0.4) is 0 Å². The van der Waals surface area contributed by atoms with E-state index in [-0.39, 0.29) is 6.61 Å². The van der Waals surface area contributed by atoms with Crippen LogP contribution in [-0.2, 0) is 14.3 Å². The molecule has 5 nitrogen and oxygen atoms in total. The smallest absolute Gasteiger partial charge is 0.408 e. The van der Waals surface area contributed by atoms with E-state index in [1.165, 1.54) is 17.8 Å². The number of carbonyl (C=O) groups excluding carboxylic acids is 2. The van der Waals surface area contributed by atoms with Crippen LogP contribution in [0, 0.1) is 6.92 Å². The largest absolute Gasteiger partial charge is 0.460 e. The minimum Gasteiger partial charge on any atom is -0.460 e. The van der Waals surface area contributed by atoms with Gasteiger partial charge in [-0.2, -0.15) is 11.8 Å². The molecule has 0 fully saturated rings. The van der Waals surface area contributed by atoms with Gasteiger partial charge in [-0.1, -0.05) is 12.7 Å². The first-order valence-corrected chi connectivity index (χ1v) is 7.09. The van der Waals surface area contributed by atoms with Gasteiger partial charge in [-0.05, 0) is 33.4 Å². The second kappa shape index (κ2) is 8.85. The van der Waals surface area contributed by atoms with Gasteiger partial charge in [-0.25, -0.2) is 9.59 Å². The molecule has 109 valence electrons. The Hall–Kier alpha value is -1.17. The third kappa shape index (κ3) is 9.41. The molecule has 1 amide bonds. The SMILES string of the molecule is [CH2]CSCC(NC(=O)OC(C)(C)C)C(=O)OCC=C. The van der Waals surface area contributed by atoms with E-state index in [4.69, 9.17) is 9.47 Å². The molecule has 0 aliphatic rings. The van der Waals surface area contributed by atoms with Gasteiger partial charge in [0.1, 0.15) is 18.2 Å². The summed E-state index contributed by atoms with van der Waals surface area (Å²) in [5.41, 5.74) is -0.612. The van der Waals surface area contributed by atoms with E-state index in [2.05, 4.69) is 18.8 Å². The highest BCUT2D eigenvalue weighted by atomic mass is 32.2. The van der Waals surface area contributed by atoms with Crippen molar-refractivity contribution in [1.29, 1.82) is 0 Å². The maximum Gasteiger partial charge on any atom is 0.408 e. The molecule has 0 aliphatic heterocycles. The number of rotatable bonds is 7. The van der Waals surface area contributed by atoms with Crippen molar-refractivity contribution in [2.24, 2.45) is 0 Å². The Kier molecular flexibility index (Phi) is 8.30. The van der Waals surface area contributed by atoms with E-state index in [0.717, 1.165) is 0 Å². The lowest BCUT2D eigenvalue weighted by Crippen LogP contribution is -2.45. The molecule has 0 aliphatic carbocycles. The summed E-state index contributed by atoms with van der Waals surface area (Å²) in [6.45, 7) is 12.5. The van der Waals surface area contributed by atoms with Crippen LogP contribution in [0.5, 0.6) is 0 Å². The van der Waals surface area contributed by atoms with Crippen LogP contribution < -0.4 is 5.32 Å². The van der Waals surface area contributed by atoms with Crippen LogP contribution in [0.2, 0.25) is 0 Å². The van der Waals surface area contributed by atoms with E-state index in [9.17, 15) is 9.59 Å². The van der Waals surface area contributed by atoms with Gasteiger partial charge in [0.05, 0.1) is 0 Å². The zero-order chi connectivity index (χ0) is 14.9. The van der Waals surface area contributed by atoms with E-state index < -0.39 is 23.7 Å². The molecule has 0 aromatic carbocycles. The topological polar surface area (TPSA) is 64.6 Å². The van der Waals surface area contributed by atoms with Crippen molar-refractivity contribution < 1.29 is 19.1 Å². The van der Waals surface area contributed by atoms with Crippen LogP contribution in [0.25, 0.3) is 0 Å². The minimum atomic E-state index is -0.749. The summed E-state index contributed by atoms with van der Waals surface area (Å²) < 4.78 is 10.0. The third-order valence-electron chi connectivity index (χ3n) is 1.75. The van der Waals surface area contributed by atoms with Crippen LogP contribution in [0.1, 0.15) is 20.8 Å². The lowest BCUT2D eigenvalue weighted by molar-refractivity contribution is -0.144. The molecular weight excluding hydrogens is 266 g/mol. The molecule has 1 atom stereocenters. The molecule has 19 heavy (non-hydrogen) atoms. The number of carbonyl (C=O) groups is 2. The lowest BCUT2D eigenvalue weighted by atomic mass is 10.2. The molecule has 1 N–H and O–H groups in total. The first kappa shape index (κ1) is 17.8. The molecular formula is C13H22NO4S. The normalized spacial score (nSPS) is 12.4. The van der Waals surface area contributed by atoms with Gasteiger partial charge in [0.15, 0.2) is 0 Å². The molecule has 0 aromatic heterocycles. The Bertz CT molecular complexity index is 312. The second-order valence-corrected chi connectivity index (χ2v) is 5.84. The van der Waals surface area contributed by atoms with Gasteiger partial charge < -0.3 is 14.8 Å². The van der Waals surface area contributed by atoms with Crippen molar-refractivity contribution >= 4 is 23.8 Å². The average Bonchev–Trinajstić information content (AvgIpc) is 2.29. The number of hydrogen-bond acceptors (Lipinski definition) is 5. The number of ether oxygens (including phenoxy) is 2. The highest BCUT2D eigenvalue weighted by Crippen LogP contribution is 2.09. The Morgan fingerprint density at radius 3 is 2.53 bits per heavy atom. The van der Waals surface area contributed by atoms with Gasteiger partial charge >= 0.3 is 12.1 Å². The number of nitrogens with one attached hydrogen (secondary N) is 1. The molecule has 0 aromatic rings. The second-order valence-electron chi connectivity index (χ2n) is 4.69. The molecule has 0 heterocycles. The summed E-state index contributed by atoms with van der Waals surface area (Å²) in [4.78, 5) is 23.4. The fourth-order valence-electron chi connectivity index (χ4n) is 1.06. The van der Waals surface area contributed by atoms with Gasteiger partial charge in [-0.3, -0.25) is 0 Å². The van der Waals surface area contributed by atoms with Gasteiger partial charge in [0.2, 0.25) is 0 Å². The standard InChI is InChI=1S/C13H22NO4S/c1-6-8-17-11(15)10(9-19-7-2)14-12(16)18-13(3,4)5/h6,10H,1-2,7-9H2,3-5H3,(H,14,16). The van der Waals surface area contributed by atoms with E-state index in [1.807, 2.05) is 0 Å². The van der Waals surface area contributed by atoms with Crippen molar-refractivity contribution in [2.75, 3.05) is 18.1 Å². The zero-order valence-corrected chi connectivity index (χ0v) is 12.5. The summed E-state index contributed by atoms with van der Waals surface area (Å²) in [7, 11) is 0. The quantitative estimate of drug-likeness (QED) is 0.574. The molecule has 1 unspecified atom stereocenters. The number of amides is 1. The van der Waals surface area contributed by atoms with E-state index in [1.54, 1.807) is 20.8 Å². The van der Waals surface area contributed by atoms with Crippen LogP contribution >= 0.6 is 11.8 Å². The lowest BCUT2D eigenvalue weighted by Gasteiger charge is -2.22. The number of esters is 1. The molecule has 0 bridgehead atoms. The average molecular weight is 288 g/mol. The number of thioether (sulfide) groups is 1. The van der Waals surface area contributed by atoms with Gasteiger partial charge in [0, 0.05) is 5.75 Å². The fourth-order valence-corrected chi connectivity index (χ4v) is 1.68. The first-order valence-electron chi connectivity index (χ1n) is 5.94. The first-order chi connectivity index (χ1) is 8.80. The summed E-state index contributed by atoms with van der Waals surface area (Å²) in [6.07, 6.45) is 0.828. The Morgan fingerprint density at radius 2 is 2.05 bits per heavy atom. The van der Waals surface area contributed by atoms with Crippen LogP contribution in [0.15, 0.2) is 12.7 Å². The van der Waals surface area contributed by atoms with E-state index in [0.29, 0.717) is 11.5 Å². The van der Waals surface area contributed by atoms with Gasteiger partial charge in [0.25, 0.3) is 0 Å². The number of hydrogen-bond donors (Lipinski definition) is 1. The molecule has 6 heteroatoms. The monoisotopic (exact) mass is 288 g/mol. The highest BCUT2D eigenvalue weighted by molar-refractivity contribution is 7.99. The Labute approximate surface area is 119 Å². The molecule has 0 spiro atoms. The van der Waals surface area contributed by atoms with Crippen molar-refractivity contribution in [1.82, 2.24) is 5.32 Å². The summed E-state index contributed by atoms with van der Waals surface area (Å²) in [5.74, 6) is 0.478. The number of alkyl carbamates (subject to hydrolysis) is 1.